The van der Waals surface area contributed by atoms with Crippen molar-refractivity contribution in [1.82, 2.24) is 25.5 Å². The van der Waals surface area contributed by atoms with E-state index in [1.54, 1.807) is 4.68 Å². The van der Waals surface area contributed by atoms with Gasteiger partial charge in [-0.1, -0.05) is 25.6 Å². The molecule has 1 amide bonds. The number of hydrogen-bond donors (Lipinski definition) is 2. The number of rotatable bonds is 9. The van der Waals surface area contributed by atoms with Crippen molar-refractivity contribution in [3.8, 4) is 0 Å². The van der Waals surface area contributed by atoms with E-state index in [0.717, 1.165) is 24.8 Å². The van der Waals surface area contributed by atoms with Crippen LogP contribution in [0.25, 0.3) is 0 Å². The molecule has 1 rings (SSSR count). The smallest absolute Gasteiger partial charge is 0.218 e. The molecule has 0 aliphatic carbocycles. The molecule has 1 aromatic rings. The van der Waals surface area contributed by atoms with Crippen LogP contribution in [0.15, 0.2) is 5.16 Å². The van der Waals surface area contributed by atoms with Gasteiger partial charge in [-0.05, 0) is 22.9 Å². The molecule has 0 aliphatic rings. The normalized spacial score (nSPS) is 11.1. The maximum Gasteiger partial charge on any atom is 0.218 e. The number of hydrogen-bond acceptors (Lipinski definition) is 6. The van der Waals surface area contributed by atoms with E-state index in [4.69, 9.17) is 5.73 Å². The lowest BCUT2D eigenvalue weighted by Gasteiger charge is -2.07. The average molecular weight is 272 g/mol. The highest BCUT2D eigenvalue weighted by molar-refractivity contribution is 7.99. The molecule has 8 heteroatoms. The minimum Gasteiger partial charge on any atom is -0.370 e. The lowest BCUT2D eigenvalue weighted by molar-refractivity contribution is -0.117. The van der Waals surface area contributed by atoms with Gasteiger partial charge < -0.3 is 11.1 Å². The lowest BCUT2D eigenvalue weighted by atomic mass is 10.2. The third-order valence-electron chi connectivity index (χ3n) is 2.13. The molecule has 0 fully saturated rings. The zero-order valence-electron chi connectivity index (χ0n) is 10.8. The van der Waals surface area contributed by atoms with Crippen LogP contribution in [-0.4, -0.2) is 45.0 Å². The number of nitrogens with two attached hydrogens (primary N) is 1. The van der Waals surface area contributed by atoms with Gasteiger partial charge in [-0.3, -0.25) is 4.79 Å². The van der Waals surface area contributed by atoms with E-state index in [1.807, 2.05) is 0 Å². The third kappa shape index (κ3) is 5.97. The summed E-state index contributed by atoms with van der Waals surface area (Å²) in [5.74, 6) is 0.929. The number of carbonyl (C=O) groups is 1. The predicted molar refractivity (Wildman–Crippen MR) is 70.1 cm³/mol. The number of primary amides is 1. The van der Waals surface area contributed by atoms with Gasteiger partial charge in [0.2, 0.25) is 11.1 Å². The Morgan fingerprint density at radius 1 is 1.56 bits per heavy atom. The Kier molecular flexibility index (Phi) is 6.66. The topological polar surface area (TPSA) is 98.7 Å². The summed E-state index contributed by atoms with van der Waals surface area (Å²) in [7, 11) is 0. The standard InChI is InChI=1S/C10H20N6OS/c1-8(2)7-12-4-5-16-10(13-14-15-16)18-6-3-9(11)17/h8,12H,3-7H2,1-2H3,(H2,11,17). The molecule has 7 nitrogen and oxygen atoms in total. The summed E-state index contributed by atoms with van der Waals surface area (Å²) in [6, 6.07) is 0. The summed E-state index contributed by atoms with van der Waals surface area (Å²) < 4.78 is 1.74. The Hall–Kier alpha value is -1.15. The molecular formula is C10H20N6OS. The van der Waals surface area contributed by atoms with E-state index in [1.165, 1.54) is 11.8 Å². The van der Waals surface area contributed by atoms with Crippen molar-refractivity contribution >= 4 is 17.7 Å². The molecule has 102 valence electrons. The van der Waals surface area contributed by atoms with E-state index >= 15 is 0 Å². The van der Waals surface area contributed by atoms with E-state index in [0.29, 0.717) is 18.1 Å². The average Bonchev–Trinajstić information content (AvgIpc) is 2.71. The highest BCUT2D eigenvalue weighted by atomic mass is 32.2. The van der Waals surface area contributed by atoms with Gasteiger partial charge in [-0.2, -0.15) is 0 Å². The number of carbonyl (C=O) groups excluding carboxylic acids is 1. The van der Waals surface area contributed by atoms with Crippen molar-refractivity contribution in [1.29, 1.82) is 0 Å². The Labute approximate surface area is 111 Å². The van der Waals surface area contributed by atoms with Crippen LogP contribution in [0.5, 0.6) is 0 Å². The van der Waals surface area contributed by atoms with Crippen LogP contribution in [-0.2, 0) is 11.3 Å². The molecule has 0 bridgehead atoms. The molecule has 3 N–H and O–H groups in total. The van der Waals surface area contributed by atoms with Crippen LogP contribution in [0.3, 0.4) is 0 Å². The Balaban J connectivity index is 2.28. The van der Waals surface area contributed by atoms with Gasteiger partial charge in [0.15, 0.2) is 0 Å². The molecule has 0 unspecified atom stereocenters. The van der Waals surface area contributed by atoms with Crippen molar-refractivity contribution in [2.45, 2.75) is 32.0 Å². The fraction of sp³-hybridized carbons (Fsp3) is 0.800. The second kappa shape index (κ2) is 8.04. The van der Waals surface area contributed by atoms with Gasteiger partial charge in [0.25, 0.3) is 0 Å². The third-order valence-corrected chi connectivity index (χ3v) is 3.09. The first kappa shape index (κ1) is 14.9. The van der Waals surface area contributed by atoms with Crippen LogP contribution < -0.4 is 11.1 Å². The second-order valence-electron chi connectivity index (χ2n) is 4.35. The highest BCUT2D eigenvalue weighted by Gasteiger charge is 2.07. The molecule has 0 aromatic carbocycles. The zero-order valence-corrected chi connectivity index (χ0v) is 11.6. The van der Waals surface area contributed by atoms with Gasteiger partial charge >= 0.3 is 0 Å². The van der Waals surface area contributed by atoms with Gasteiger partial charge in [-0.25, -0.2) is 4.68 Å². The minimum absolute atomic E-state index is 0.305. The van der Waals surface area contributed by atoms with Crippen molar-refractivity contribution < 1.29 is 4.79 Å². The number of tetrazole rings is 1. The number of nitrogens with zero attached hydrogens (tertiary/aromatic N) is 4. The molecule has 18 heavy (non-hydrogen) atoms. The van der Waals surface area contributed by atoms with E-state index < -0.39 is 0 Å². The largest absolute Gasteiger partial charge is 0.370 e. The summed E-state index contributed by atoms with van der Waals surface area (Å²) in [6.07, 6.45) is 0.336. The first-order valence-corrected chi connectivity index (χ1v) is 6.96. The van der Waals surface area contributed by atoms with Crippen LogP contribution >= 0.6 is 11.8 Å². The Bertz CT molecular complexity index is 367. The second-order valence-corrected chi connectivity index (χ2v) is 5.41. The van der Waals surface area contributed by atoms with E-state index in [-0.39, 0.29) is 5.91 Å². The first-order valence-electron chi connectivity index (χ1n) is 5.97. The molecule has 0 aliphatic heterocycles. The SMILES string of the molecule is CC(C)CNCCn1nnnc1SCCC(N)=O. The van der Waals surface area contributed by atoms with Crippen molar-refractivity contribution in [3.63, 3.8) is 0 Å². The fourth-order valence-corrected chi connectivity index (χ4v) is 2.12. The number of amides is 1. The Morgan fingerprint density at radius 2 is 2.33 bits per heavy atom. The van der Waals surface area contributed by atoms with Crippen LogP contribution in [0, 0.1) is 5.92 Å². The van der Waals surface area contributed by atoms with Crippen LogP contribution in [0.1, 0.15) is 20.3 Å². The molecule has 0 saturated carbocycles. The fourth-order valence-electron chi connectivity index (χ4n) is 1.26. The zero-order chi connectivity index (χ0) is 13.4. The molecular weight excluding hydrogens is 252 g/mol. The van der Waals surface area contributed by atoms with Crippen LogP contribution in [0.2, 0.25) is 0 Å². The van der Waals surface area contributed by atoms with Gasteiger partial charge in [0.1, 0.15) is 0 Å². The molecule has 0 spiro atoms. The molecule has 0 saturated heterocycles. The van der Waals surface area contributed by atoms with Crippen molar-refractivity contribution in [2.24, 2.45) is 11.7 Å². The summed E-state index contributed by atoms with van der Waals surface area (Å²) in [6.45, 7) is 6.85. The van der Waals surface area contributed by atoms with Crippen molar-refractivity contribution in [2.75, 3.05) is 18.8 Å². The monoisotopic (exact) mass is 272 g/mol. The summed E-state index contributed by atoms with van der Waals surface area (Å²) in [5.41, 5.74) is 5.08. The summed E-state index contributed by atoms with van der Waals surface area (Å²) >= 11 is 1.44. The predicted octanol–water partition coefficient (Wildman–Crippen LogP) is -0.114. The van der Waals surface area contributed by atoms with Crippen molar-refractivity contribution in [3.05, 3.63) is 0 Å². The molecule has 0 radical (unpaired) electrons. The number of nitrogens with one attached hydrogen (secondary N) is 1. The summed E-state index contributed by atoms with van der Waals surface area (Å²) in [4.78, 5) is 10.6. The minimum atomic E-state index is -0.305. The number of thioether (sulfide) groups is 1. The lowest BCUT2D eigenvalue weighted by Crippen LogP contribution is -2.24. The van der Waals surface area contributed by atoms with E-state index in [9.17, 15) is 4.79 Å². The first-order chi connectivity index (χ1) is 8.59. The highest BCUT2D eigenvalue weighted by Crippen LogP contribution is 2.13. The quantitative estimate of drug-likeness (QED) is 0.480. The molecule has 1 aromatic heterocycles. The summed E-state index contributed by atoms with van der Waals surface area (Å²) in [5, 5.41) is 15.5. The Morgan fingerprint density at radius 3 is 3.00 bits per heavy atom. The van der Waals surface area contributed by atoms with E-state index in [2.05, 4.69) is 34.7 Å². The maximum atomic E-state index is 10.6. The van der Waals surface area contributed by atoms with Gasteiger partial charge in [0.05, 0.1) is 6.54 Å². The number of aromatic nitrogens is 4. The van der Waals surface area contributed by atoms with Crippen LogP contribution in [0.4, 0.5) is 0 Å². The van der Waals surface area contributed by atoms with Gasteiger partial charge in [0, 0.05) is 18.7 Å². The molecule has 1 heterocycles. The maximum absolute atomic E-state index is 10.6. The van der Waals surface area contributed by atoms with Gasteiger partial charge in [-0.15, -0.1) is 5.10 Å². The molecule has 0 atom stereocenters.